The van der Waals surface area contributed by atoms with E-state index in [-0.39, 0.29) is 17.4 Å². The molecule has 0 unspecified atom stereocenters. The third kappa shape index (κ3) is 2.19. The Morgan fingerprint density at radius 2 is 1.88 bits per heavy atom. The van der Waals surface area contributed by atoms with Gasteiger partial charge in [0.1, 0.15) is 17.9 Å². The first-order valence-electron chi connectivity index (χ1n) is 7.66. The Kier molecular flexibility index (Phi) is 3.53. The average Bonchev–Trinajstić information content (AvgIpc) is 3.19. The van der Waals surface area contributed by atoms with Crippen molar-refractivity contribution in [2.24, 2.45) is 0 Å². The molecule has 1 aromatic heterocycles. The third-order valence-corrected chi connectivity index (χ3v) is 5.68. The number of hydrogen-bond acceptors (Lipinski definition) is 3. The van der Waals surface area contributed by atoms with Gasteiger partial charge in [-0.1, -0.05) is 6.07 Å². The lowest BCUT2D eigenvalue weighted by molar-refractivity contribution is 0.432. The minimum absolute atomic E-state index is 0.208. The van der Waals surface area contributed by atoms with Gasteiger partial charge in [0.15, 0.2) is 5.76 Å². The molecule has 1 aliphatic rings. The summed E-state index contributed by atoms with van der Waals surface area (Å²) >= 11 is 1.20. The van der Waals surface area contributed by atoms with Crippen molar-refractivity contribution in [2.45, 2.75) is 19.3 Å². The normalized spacial score (nSPS) is 14.3. The zero-order valence-corrected chi connectivity index (χ0v) is 13.5. The van der Waals surface area contributed by atoms with E-state index in [0.717, 1.165) is 34.9 Å². The van der Waals surface area contributed by atoms with Gasteiger partial charge >= 0.3 is 0 Å². The van der Waals surface area contributed by atoms with Crippen LogP contribution in [0.1, 0.15) is 22.4 Å². The van der Waals surface area contributed by atoms with Crippen LogP contribution in [-0.2, 0) is 12.8 Å². The van der Waals surface area contributed by atoms with Crippen molar-refractivity contribution in [2.75, 3.05) is 0 Å². The second kappa shape index (κ2) is 5.60. The highest BCUT2D eigenvalue weighted by molar-refractivity contribution is 7.20. The first-order chi connectivity index (χ1) is 11.6. The first kappa shape index (κ1) is 15.1. The van der Waals surface area contributed by atoms with Crippen LogP contribution in [0.15, 0.2) is 36.6 Å². The fraction of sp³-hybridized carbons (Fsp3) is 0.158. The SMILES string of the molecule is O/C=C(/O)c1sc2cc(F)ccc2c1-c1ccc(F)c2c1CCC2. The molecule has 0 bridgehead atoms. The number of hydrogen-bond donors (Lipinski definition) is 2. The van der Waals surface area contributed by atoms with Gasteiger partial charge in [-0.3, -0.25) is 0 Å². The minimum Gasteiger partial charge on any atom is -0.512 e. The van der Waals surface area contributed by atoms with Crippen LogP contribution in [0.5, 0.6) is 0 Å². The summed E-state index contributed by atoms with van der Waals surface area (Å²) in [5.74, 6) is -0.846. The molecule has 0 amide bonds. The van der Waals surface area contributed by atoms with E-state index in [1.165, 1.54) is 29.5 Å². The van der Waals surface area contributed by atoms with E-state index in [4.69, 9.17) is 0 Å². The molecule has 1 aliphatic carbocycles. The average molecular weight is 344 g/mol. The third-order valence-electron chi connectivity index (χ3n) is 4.50. The Labute approximate surface area is 141 Å². The molecular weight excluding hydrogens is 330 g/mol. The maximum Gasteiger partial charge on any atom is 0.167 e. The predicted octanol–water partition coefficient (Wildman–Crippen LogP) is 5.75. The number of aliphatic hydroxyl groups is 2. The predicted molar refractivity (Wildman–Crippen MR) is 92.4 cm³/mol. The lowest BCUT2D eigenvalue weighted by Gasteiger charge is -2.11. The van der Waals surface area contributed by atoms with E-state index in [1.807, 2.05) is 0 Å². The Bertz CT molecular complexity index is 989. The lowest BCUT2D eigenvalue weighted by Crippen LogP contribution is -1.94. The number of thiophene rings is 1. The Morgan fingerprint density at radius 1 is 1.08 bits per heavy atom. The van der Waals surface area contributed by atoms with E-state index < -0.39 is 0 Å². The van der Waals surface area contributed by atoms with E-state index >= 15 is 0 Å². The number of benzene rings is 2. The van der Waals surface area contributed by atoms with Crippen LogP contribution < -0.4 is 0 Å². The summed E-state index contributed by atoms with van der Waals surface area (Å²) in [5.41, 5.74) is 3.21. The first-order valence-corrected chi connectivity index (χ1v) is 8.48. The molecule has 0 saturated carbocycles. The van der Waals surface area contributed by atoms with Gasteiger partial charge in [-0.25, -0.2) is 8.78 Å². The largest absolute Gasteiger partial charge is 0.512 e. The fourth-order valence-electron chi connectivity index (χ4n) is 3.47. The molecule has 24 heavy (non-hydrogen) atoms. The number of halogens is 2. The van der Waals surface area contributed by atoms with Crippen molar-refractivity contribution in [3.63, 3.8) is 0 Å². The van der Waals surface area contributed by atoms with Gasteiger partial charge < -0.3 is 10.2 Å². The van der Waals surface area contributed by atoms with E-state index in [2.05, 4.69) is 0 Å². The van der Waals surface area contributed by atoms with Crippen molar-refractivity contribution in [3.8, 4) is 11.1 Å². The highest BCUT2D eigenvalue weighted by Gasteiger charge is 2.24. The van der Waals surface area contributed by atoms with Gasteiger partial charge in [0.25, 0.3) is 0 Å². The standard InChI is InChI=1S/C19H14F2O2S/c20-10-4-5-14-17(8-10)24-19(16(23)9-22)18(14)13-6-7-15(21)12-3-1-2-11(12)13/h4-9,22-23H,1-3H2/b16-9+. The van der Waals surface area contributed by atoms with Gasteiger partial charge in [-0.05, 0) is 60.2 Å². The van der Waals surface area contributed by atoms with Crippen molar-refractivity contribution in [3.05, 3.63) is 64.2 Å². The summed E-state index contributed by atoms with van der Waals surface area (Å²) in [4.78, 5) is 0.457. The van der Waals surface area contributed by atoms with E-state index in [1.54, 1.807) is 12.1 Å². The molecule has 0 atom stereocenters. The Hall–Kier alpha value is -2.40. The second-order valence-electron chi connectivity index (χ2n) is 5.87. The minimum atomic E-state index is -0.362. The quantitative estimate of drug-likeness (QED) is 0.581. The van der Waals surface area contributed by atoms with E-state index in [0.29, 0.717) is 27.8 Å². The molecule has 4 rings (SSSR count). The molecule has 0 radical (unpaired) electrons. The van der Waals surface area contributed by atoms with Crippen LogP contribution >= 0.6 is 11.3 Å². The molecule has 0 spiro atoms. The van der Waals surface area contributed by atoms with Gasteiger partial charge in [0, 0.05) is 15.6 Å². The lowest BCUT2D eigenvalue weighted by atomic mass is 9.94. The topological polar surface area (TPSA) is 40.5 Å². The van der Waals surface area contributed by atoms with Crippen LogP contribution in [-0.4, -0.2) is 10.2 Å². The number of aliphatic hydroxyl groups excluding tert-OH is 2. The van der Waals surface area contributed by atoms with Gasteiger partial charge in [-0.15, -0.1) is 11.3 Å². The van der Waals surface area contributed by atoms with Crippen molar-refractivity contribution in [1.29, 1.82) is 0 Å². The molecule has 0 aliphatic heterocycles. The molecule has 2 nitrogen and oxygen atoms in total. The molecule has 0 fully saturated rings. The zero-order valence-electron chi connectivity index (χ0n) is 12.6. The summed E-state index contributed by atoms with van der Waals surface area (Å²) in [6.45, 7) is 0. The fourth-order valence-corrected chi connectivity index (χ4v) is 4.62. The molecule has 1 heterocycles. The maximum absolute atomic E-state index is 14.1. The molecule has 122 valence electrons. The number of fused-ring (bicyclic) bond motifs is 2. The Morgan fingerprint density at radius 3 is 2.67 bits per heavy atom. The van der Waals surface area contributed by atoms with E-state index in [9.17, 15) is 19.0 Å². The zero-order chi connectivity index (χ0) is 16.8. The van der Waals surface area contributed by atoms with Crippen LogP contribution in [0, 0.1) is 11.6 Å². The van der Waals surface area contributed by atoms with Crippen LogP contribution in [0.4, 0.5) is 8.78 Å². The van der Waals surface area contributed by atoms with Crippen molar-refractivity contribution < 1.29 is 19.0 Å². The molecule has 3 aromatic rings. The van der Waals surface area contributed by atoms with Gasteiger partial charge in [0.2, 0.25) is 0 Å². The summed E-state index contributed by atoms with van der Waals surface area (Å²) in [6, 6.07) is 7.58. The Balaban J connectivity index is 2.08. The summed E-state index contributed by atoms with van der Waals surface area (Å²) in [6.07, 6.45) is 2.98. The summed E-state index contributed by atoms with van der Waals surface area (Å²) in [7, 11) is 0. The van der Waals surface area contributed by atoms with Crippen molar-refractivity contribution in [1.82, 2.24) is 0 Å². The maximum atomic E-state index is 14.1. The molecule has 2 aromatic carbocycles. The van der Waals surface area contributed by atoms with Crippen LogP contribution in [0.2, 0.25) is 0 Å². The molecular formula is C19H14F2O2S. The molecule has 0 saturated heterocycles. The van der Waals surface area contributed by atoms with Crippen LogP contribution in [0.25, 0.3) is 27.0 Å². The van der Waals surface area contributed by atoms with Gasteiger partial charge in [0.05, 0.1) is 4.88 Å². The van der Waals surface area contributed by atoms with Gasteiger partial charge in [-0.2, -0.15) is 0 Å². The van der Waals surface area contributed by atoms with Crippen molar-refractivity contribution >= 4 is 27.2 Å². The monoisotopic (exact) mass is 344 g/mol. The van der Waals surface area contributed by atoms with Crippen LogP contribution in [0.3, 0.4) is 0 Å². The molecule has 5 heteroatoms. The summed E-state index contributed by atoms with van der Waals surface area (Å²) < 4.78 is 28.3. The number of rotatable bonds is 2. The molecule has 2 N–H and O–H groups in total. The highest BCUT2D eigenvalue weighted by atomic mass is 32.1. The smallest absolute Gasteiger partial charge is 0.167 e. The second-order valence-corrected chi connectivity index (χ2v) is 6.92. The summed E-state index contributed by atoms with van der Waals surface area (Å²) in [5, 5.41) is 20.1. The highest BCUT2D eigenvalue weighted by Crippen LogP contribution is 2.45.